The highest BCUT2D eigenvalue weighted by molar-refractivity contribution is 5.94. The van der Waals surface area contributed by atoms with Crippen molar-refractivity contribution in [1.29, 1.82) is 0 Å². The third-order valence-corrected chi connectivity index (χ3v) is 4.57. The number of nitrogens with one attached hydrogen (secondary N) is 1. The first kappa shape index (κ1) is 19.2. The lowest BCUT2D eigenvalue weighted by molar-refractivity contribution is 0.0947. The molecule has 1 aromatic heterocycles. The molecule has 1 aliphatic rings. The summed E-state index contributed by atoms with van der Waals surface area (Å²) in [5.41, 5.74) is 1.24. The molecular weight excluding hydrogens is 349 g/mol. The van der Waals surface area contributed by atoms with E-state index in [1.165, 1.54) is 7.11 Å². The Labute approximate surface area is 158 Å². The quantitative estimate of drug-likeness (QED) is 0.718. The number of hydrogen-bond acceptors (Lipinski definition) is 5. The van der Waals surface area contributed by atoms with Crippen molar-refractivity contribution in [3.8, 4) is 17.3 Å². The summed E-state index contributed by atoms with van der Waals surface area (Å²) >= 11 is 0. The summed E-state index contributed by atoms with van der Waals surface area (Å²) < 4.78 is 23.9. The monoisotopic (exact) mass is 373 g/mol. The minimum absolute atomic E-state index is 0.107. The number of ether oxygens (including phenoxy) is 2. The van der Waals surface area contributed by atoms with Gasteiger partial charge in [0.15, 0.2) is 5.82 Å². The standard InChI is InChI=1S/C20H24FN3O3/c1-26-20-17(21)13-23-18(24-20)14-7-9-15(10-8-14)19(25)22-11-3-2-5-16-6-4-12-27-16/h7-10,13,16H,2-6,11-12H2,1H3,(H,22,25)/t16-/m1/s1. The second-order valence-electron chi connectivity index (χ2n) is 6.51. The third kappa shape index (κ3) is 5.23. The van der Waals surface area contributed by atoms with Gasteiger partial charge in [-0.2, -0.15) is 9.37 Å². The zero-order valence-corrected chi connectivity index (χ0v) is 15.4. The van der Waals surface area contributed by atoms with Crippen molar-refractivity contribution >= 4 is 5.91 Å². The molecule has 0 bridgehead atoms. The first-order valence-electron chi connectivity index (χ1n) is 9.24. The van der Waals surface area contributed by atoms with Crippen molar-refractivity contribution in [2.24, 2.45) is 0 Å². The topological polar surface area (TPSA) is 73.3 Å². The molecule has 1 aromatic carbocycles. The second-order valence-corrected chi connectivity index (χ2v) is 6.51. The van der Waals surface area contributed by atoms with Gasteiger partial charge in [0.1, 0.15) is 0 Å². The van der Waals surface area contributed by atoms with Gasteiger partial charge in [-0.15, -0.1) is 0 Å². The first-order valence-corrected chi connectivity index (χ1v) is 9.24. The number of carbonyl (C=O) groups excluding carboxylic acids is 1. The molecule has 0 radical (unpaired) electrons. The largest absolute Gasteiger partial charge is 0.479 e. The molecule has 1 atom stereocenters. The lowest BCUT2D eigenvalue weighted by atomic mass is 10.1. The van der Waals surface area contributed by atoms with E-state index in [1.807, 2.05) is 0 Å². The van der Waals surface area contributed by atoms with Gasteiger partial charge in [-0.3, -0.25) is 4.79 Å². The Morgan fingerprint density at radius 1 is 1.33 bits per heavy atom. The molecule has 2 aromatic rings. The molecule has 1 saturated heterocycles. The van der Waals surface area contributed by atoms with Gasteiger partial charge in [0.2, 0.25) is 5.82 Å². The summed E-state index contributed by atoms with van der Waals surface area (Å²) in [5, 5.41) is 2.93. The summed E-state index contributed by atoms with van der Waals surface area (Å²) in [7, 11) is 1.35. The number of carbonyl (C=O) groups is 1. The van der Waals surface area contributed by atoms with Gasteiger partial charge >= 0.3 is 0 Å². The normalized spacial score (nSPS) is 16.3. The molecule has 0 spiro atoms. The van der Waals surface area contributed by atoms with Crippen LogP contribution < -0.4 is 10.1 Å². The average molecular weight is 373 g/mol. The lowest BCUT2D eigenvalue weighted by Gasteiger charge is -2.09. The number of nitrogens with zero attached hydrogens (tertiary/aromatic N) is 2. The number of halogens is 1. The third-order valence-electron chi connectivity index (χ3n) is 4.57. The van der Waals surface area contributed by atoms with Crippen LogP contribution in [-0.4, -0.2) is 42.2 Å². The minimum atomic E-state index is -0.614. The van der Waals surface area contributed by atoms with Crippen LogP contribution in [0.4, 0.5) is 4.39 Å². The number of methoxy groups -OCH3 is 1. The maximum absolute atomic E-state index is 13.4. The van der Waals surface area contributed by atoms with Crippen molar-refractivity contribution < 1.29 is 18.7 Å². The van der Waals surface area contributed by atoms with Crippen molar-refractivity contribution in [2.75, 3.05) is 20.3 Å². The number of benzene rings is 1. The summed E-state index contributed by atoms with van der Waals surface area (Å²) in [5.74, 6) is -0.493. The zero-order chi connectivity index (χ0) is 19.1. The van der Waals surface area contributed by atoms with Crippen LogP contribution in [0.25, 0.3) is 11.4 Å². The van der Waals surface area contributed by atoms with Gasteiger partial charge in [-0.05, 0) is 44.2 Å². The van der Waals surface area contributed by atoms with Crippen molar-refractivity contribution in [3.05, 3.63) is 41.8 Å². The van der Waals surface area contributed by atoms with Crippen LogP contribution in [0.5, 0.6) is 5.88 Å². The number of amides is 1. The zero-order valence-electron chi connectivity index (χ0n) is 15.4. The van der Waals surface area contributed by atoms with Gasteiger partial charge in [-0.25, -0.2) is 4.98 Å². The molecule has 6 nitrogen and oxygen atoms in total. The Balaban J connectivity index is 1.48. The molecule has 1 fully saturated rings. The van der Waals surface area contributed by atoms with Crippen LogP contribution in [0.1, 0.15) is 42.5 Å². The Hall–Kier alpha value is -2.54. The van der Waals surface area contributed by atoms with Crippen molar-refractivity contribution in [3.63, 3.8) is 0 Å². The predicted octanol–water partition coefficient (Wildman–Crippen LogP) is 3.37. The predicted molar refractivity (Wildman–Crippen MR) is 99.1 cm³/mol. The SMILES string of the molecule is COc1nc(-c2ccc(C(=O)NCCCC[C@@H]3CCCO3)cc2)ncc1F. The average Bonchev–Trinajstić information content (AvgIpc) is 3.21. The Kier molecular flexibility index (Phi) is 6.70. The fourth-order valence-corrected chi connectivity index (χ4v) is 3.08. The number of aromatic nitrogens is 2. The maximum atomic E-state index is 13.4. The van der Waals surface area contributed by atoms with E-state index in [2.05, 4.69) is 15.3 Å². The number of unbranched alkanes of at least 4 members (excludes halogenated alkanes) is 1. The first-order chi connectivity index (χ1) is 13.2. The van der Waals surface area contributed by atoms with E-state index >= 15 is 0 Å². The molecule has 1 amide bonds. The van der Waals surface area contributed by atoms with Gasteiger partial charge in [0.05, 0.1) is 19.4 Å². The van der Waals surface area contributed by atoms with E-state index in [0.29, 0.717) is 29.6 Å². The maximum Gasteiger partial charge on any atom is 0.253 e. The van der Waals surface area contributed by atoms with Gasteiger partial charge < -0.3 is 14.8 Å². The Bertz CT molecular complexity index is 762. The highest BCUT2D eigenvalue weighted by atomic mass is 19.1. The van der Waals surface area contributed by atoms with Crippen LogP contribution in [0.15, 0.2) is 30.5 Å². The minimum Gasteiger partial charge on any atom is -0.479 e. The molecule has 1 N–H and O–H groups in total. The van der Waals surface area contributed by atoms with Crippen LogP contribution in [0.2, 0.25) is 0 Å². The molecule has 1 aliphatic heterocycles. The molecule has 7 heteroatoms. The summed E-state index contributed by atoms with van der Waals surface area (Å²) in [6.45, 7) is 1.53. The summed E-state index contributed by atoms with van der Waals surface area (Å²) in [6.07, 6.45) is 6.83. The van der Waals surface area contributed by atoms with Crippen molar-refractivity contribution in [2.45, 2.75) is 38.2 Å². The van der Waals surface area contributed by atoms with Gasteiger partial charge in [-0.1, -0.05) is 12.1 Å². The second kappa shape index (κ2) is 9.41. The molecule has 0 unspecified atom stereocenters. The number of hydrogen-bond donors (Lipinski definition) is 1. The molecular formula is C20H24FN3O3. The van der Waals surface area contributed by atoms with Crippen LogP contribution in [0, 0.1) is 5.82 Å². The van der Waals surface area contributed by atoms with Crippen LogP contribution in [0.3, 0.4) is 0 Å². The number of rotatable bonds is 8. The molecule has 0 aliphatic carbocycles. The Morgan fingerprint density at radius 2 is 2.15 bits per heavy atom. The molecule has 27 heavy (non-hydrogen) atoms. The lowest BCUT2D eigenvalue weighted by Crippen LogP contribution is -2.24. The van der Waals surface area contributed by atoms with E-state index in [4.69, 9.17) is 9.47 Å². The fourth-order valence-electron chi connectivity index (χ4n) is 3.08. The van der Waals surface area contributed by atoms with E-state index < -0.39 is 5.82 Å². The van der Waals surface area contributed by atoms with E-state index in [-0.39, 0.29) is 11.8 Å². The van der Waals surface area contributed by atoms with Crippen LogP contribution >= 0.6 is 0 Å². The Morgan fingerprint density at radius 3 is 2.85 bits per heavy atom. The molecule has 144 valence electrons. The van der Waals surface area contributed by atoms with E-state index in [0.717, 1.165) is 44.9 Å². The summed E-state index contributed by atoms with van der Waals surface area (Å²) in [6, 6.07) is 6.88. The summed E-state index contributed by atoms with van der Waals surface area (Å²) in [4.78, 5) is 20.2. The molecule has 0 saturated carbocycles. The van der Waals surface area contributed by atoms with Crippen molar-refractivity contribution in [1.82, 2.24) is 15.3 Å². The van der Waals surface area contributed by atoms with Gasteiger partial charge in [0.25, 0.3) is 11.8 Å². The highest BCUT2D eigenvalue weighted by Crippen LogP contribution is 2.20. The van der Waals surface area contributed by atoms with Crippen LogP contribution in [-0.2, 0) is 4.74 Å². The highest BCUT2D eigenvalue weighted by Gasteiger charge is 2.14. The molecule has 2 heterocycles. The molecule has 3 rings (SSSR count). The fraction of sp³-hybridized carbons (Fsp3) is 0.450. The van der Waals surface area contributed by atoms with Gasteiger partial charge in [0, 0.05) is 24.3 Å². The smallest absolute Gasteiger partial charge is 0.253 e. The van der Waals surface area contributed by atoms with E-state index in [9.17, 15) is 9.18 Å². The van der Waals surface area contributed by atoms with E-state index in [1.54, 1.807) is 24.3 Å².